The number of carbonyl (C=O) groups excluding carboxylic acids is 1. The van der Waals surface area contributed by atoms with Crippen molar-refractivity contribution in [2.45, 2.75) is 33.2 Å². The van der Waals surface area contributed by atoms with E-state index in [4.69, 9.17) is 0 Å². The number of hydrogen-bond donors (Lipinski definition) is 1. The Bertz CT molecular complexity index is 1160. The van der Waals surface area contributed by atoms with E-state index in [1.165, 1.54) is 5.56 Å². The number of carbonyl (C=O) groups is 1. The van der Waals surface area contributed by atoms with E-state index in [0.29, 0.717) is 0 Å². The highest BCUT2D eigenvalue weighted by molar-refractivity contribution is 5.79. The Labute approximate surface area is 170 Å². The maximum atomic E-state index is 13.0. The first-order valence-corrected chi connectivity index (χ1v) is 9.71. The maximum absolute atomic E-state index is 13.0. The van der Waals surface area contributed by atoms with Gasteiger partial charge in [0.2, 0.25) is 5.91 Å². The highest BCUT2D eigenvalue weighted by atomic mass is 16.1. The zero-order valence-electron chi connectivity index (χ0n) is 16.9. The van der Waals surface area contributed by atoms with Gasteiger partial charge in [-0.3, -0.25) is 9.78 Å². The largest absolute Gasteiger partial charge is 0.345 e. The van der Waals surface area contributed by atoms with Crippen LogP contribution in [0.15, 0.2) is 67.3 Å². The number of aryl methyl sites for hydroxylation is 3. The van der Waals surface area contributed by atoms with Gasteiger partial charge in [0.15, 0.2) is 0 Å². The summed E-state index contributed by atoms with van der Waals surface area (Å²) in [6, 6.07) is 13.9. The van der Waals surface area contributed by atoms with Crippen molar-refractivity contribution in [3.05, 3.63) is 101 Å². The van der Waals surface area contributed by atoms with Crippen LogP contribution in [0.25, 0.3) is 5.65 Å². The number of nitrogens with zero attached hydrogens (tertiary/aromatic N) is 3. The Hall–Kier alpha value is -3.47. The summed E-state index contributed by atoms with van der Waals surface area (Å²) in [6.07, 6.45) is 7.53. The molecule has 5 nitrogen and oxygen atoms in total. The Morgan fingerprint density at radius 3 is 2.69 bits per heavy atom. The summed E-state index contributed by atoms with van der Waals surface area (Å²) >= 11 is 0. The second kappa shape index (κ2) is 7.87. The number of amides is 1. The second-order valence-electron chi connectivity index (χ2n) is 7.46. The minimum Gasteiger partial charge on any atom is -0.345 e. The molecule has 0 radical (unpaired) electrons. The summed E-state index contributed by atoms with van der Waals surface area (Å²) in [6.45, 7) is 6.16. The Morgan fingerprint density at radius 1 is 1.07 bits per heavy atom. The van der Waals surface area contributed by atoms with E-state index in [1.807, 2.05) is 48.0 Å². The third kappa shape index (κ3) is 3.90. The smallest absolute Gasteiger partial charge is 0.226 e. The number of nitrogens with one attached hydrogen (secondary N) is 1. The van der Waals surface area contributed by atoms with Crippen LogP contribution in [0, 0.1) is 20.8 Å². The predicted octanol–water partition coefficient (Wildman–Crippen LogP) is 4.10. The van der Waals surface area contributed by atoms with Gasteiger partial charge in [0.05, 0.1) is 18.2 Å². The number of rotatable bonds is 5. The Balaban J connectivity index is 1.63. The molecular formula is C24H24N4O. The van der Waals surface area contributed by atoms with Gasteiger partial charge in [0.25, 0.3) is 0 Å². The van der Waals surface area contributed by atoms with E-state index in [0.717, 1.165) is 33.6 Å². The van der Waals surface area contributed by atoms with Crippen molar-refractivity contribution in [3.63, 3.8) is 0 Å². The lowest BCUT2D eigenvalue weighted by molar-refractivity contribution is -0.121. The summed E-state index contributed by atoms with van der Waals surface area (Å²) < 4.78 is 1.98. The van der Waals surface area contributed by atoms with Crippen molar-refractivity contribution in [2.24, 2.45) is 0 Å². The molecule has 0 fully saturated rings. The van der Waals surface area contributed by atoms with Gasteiger partial charge >= 0.3 is 0 Å². The van der Waals surface area contributed by atoms with Gasteiger partial charge in [-0.1, -0.05) is 35.9 Å². The number of pyridine rings is 2. The van der Waals surface area contributed by atoms with Crippen molar-refractivity contribution >= 4 is 11.6 Å². The van der Waals surface area contributed by atoms with Crippen LogP contribution in [0.1, 0.15) is 39.6 Å². The summed E-state index contributed by atoms with van der Waals surface area (Å²) in [7, 11) is 0. The molecule has 0 saturated heterocycles. The van der Waals surface area contributed by atoms with Crippen molar-refractivity contribution in [1.29, 1.82) is 0 Å². The van der Waals surface area contributed by atoms with Crippen LogP contribution in [0.5, 0.6) is 0 Å². The van der Waals surface area contributed by atoms with Crippen molar-refractivity contribution in [1.82, 2.24) is 19.7 Å². The van der Waals surface area contributed by atoms with Crippen molar-refractivity contribution in [2.75, 3.05) is 0 Å². The van der Waals surface area contributed by atoms with Gasteiger partial charge in [0.1, 0.15) is 5.65 Å². The first-order valence-electron chi connectivity index (χ1n) is 9.71. The number of fused-ring (bicyclic) bond motifs is 1. The fraction of sp³-hybridized carbons (Fsp3) is 0.208. The third-order valence-electron chi connectivity index (χ3n) is 5.21. The van der Waals surface area contributed by atoms with E-state index in [9.17, 15) is 4.79 Å². The van der Waals surface area contributed by atoms with Gasteiger partial charge in [-0.15, -0.1) is 0 Å². The molecule has 1 aromatic carbocycles. The maximum Gasteiger partial charge on any atom is 0.226 e. The normalized spacial score (nSPS) is 12.1. The molecule has 29 heavy (non-hydrogen) atoms. The molecule has 4 aromatic rings. The Morgan fingerprint density at radius 2 is 1.93 bits per heavy atom. The molecule has 146 valence electrons. The quantitative estimate of drug-likeness (QED) is 0.563. The monoisotopic (exact) mass is 384 g/mol. The molecular weight excluding hydrogens is 360 g/mol. The highest BCUT2D eigenvalue weighted by Crippen LogP contribution is 2.25. The van der Waals surface area contributed by atoms with Gasteiger partial charge in [-0.2, -0.15) is 0 Å². The highest BCUT2D eigenvalue weighted by Gasteiger charge is 2.20. The van der Waals surface area contributed by atoms with E-state index >= 15 is 0 Å². The number of imidazole rings is 1. The van der Waals surface area contributed by atoms with E-state index in [2.05, 4.69) is 47.3 Å². The van der Waals surface area contributed by atoms with Gasteiger partial charge in [-0.05, 0) is 55.2 Å². The zero-order valence-corrected chi connectivity index (χ0v) is 16.9. The molecule has 4 rings (SSSR count). The van der Waals surface area contributed by atoms with Crippen LogP contribution in [0.3, 0.4) is 0 Å². The van der Waals surface area contributed by atoms with Crippen LogP contribution in [0.2, 0.25) is 0 Å². The molecule has 3 aromatic heterocycles. The summed E-state index contributed by atoms with van der Waals surface area (Å²) in [5.41, 5.74) is 7.21. The number of hydrogen-bond acceptors (Lipinski definition) is 3. The first kappa shape index (κ1) is 18.9. The summed E-state index contributed by atoms with van der Waals surface area (Å²) in [4.78, 5) is 21.7. The van der Waals surface area contributed by atoms with Crippen LogP contribution < -0.4 is 5.32 Å². The molecule has 1 atom stereocenters. The van der Waals surface area contributed by atoms with Gasteiger partial charge < -0.3 is 9.72 Å². The number of benzene rings is 1. The minimum atomic E-state index is -0.252. The molecule has 0 bridgehead atoms. The van der Waals surface area contributed by atoms with Gasteiger partial charge in [-0.25, -0.2) is 4.98 Å². The van der Waals surface area contributed by atoms with E-state index < -0.39 is 0 Å². The minimum absolute atomic E-state index is 0.0536. The Kier molecular flexibility index (Phi) is 5.12. The molecule has 5 heteroatoms. The van der Waals surface area contributed by atoms with Gasteiger partial charge in [0, 0.05) is 24.8 Å². The first-order chi connectivity index (χ1) is 14.0. The molecule has 0 spiro atoms. The van der Waals surface area contributed by atoms with E-state index in [1.54, 1.807) is 12.4 Å². The molecule has 0 saturated carbocycles. The fourth-order valence-corrected chi connectivity index (χ4v) is 3.75. The average Bonchev–Trinajstić information content (AvgIpc) is 3.11. The van der Waals surface area contributed by atoms with Crippen LogP contribution in [-0.4, -0.2) is 20.3 Å². The molecule has 0 unspecified atom stereocenters. The molecule has 0 aliphatic heterocycles. The summed E-state index contributed by atoms with van der Waals surface area (Å²) in [5.74, 6) is -0.0536. The van der Waals surface area contributed by atoms with Crippen LogP contribution >= 0.6 is 0 Å². The molecule has 0 aliphatic carbocycles. The topological polar surface area (TPSA) is 59.3 Å². The lowest BCUT2D eigenvalue weighted by Gasteiger charge is -2.22. The number of aromatic nitrogens is 3. The van der Waals surface area contributed by atoms with Crippen LogP contribution in [0.4, 0.5) is 0 Å². The van der Waals surface area contributed by atoms with Crippen molar-refractivity contribution < 1.29 is 4.79 Å². The third-order valence-corrected chi connectivity index (χ3v) is 5.21. The SMILES string of the molecule is Cc1ccc([C@H](NC(=O)Cc2cnc3c(C)cccn23)c2cccnc2)c(C)c1. The standard InChI is InChI=1S/C24H24N4O/c1-16-8-9-21(18(3)12-16)23(19-7-4-10-25-14-19)27-22(29)13-20-15-26-24-17(2)6-5-11-28(20)24/h4-12,14-15,23H,13H2,1-3H3,(H,27,29)/t23-/m1/s1. The van der Waals surface area contributed by atoms with E-state index in [-0.39, 0.29) is 18.4 Å². The fourth-order valence-electron chi connectivity index (χ4n) is 3.75. The lowest BCUT2D eigenvalue weighted by Crippen LogP contribution is -2.31. The molecule has 1 N–H and O–H groups in total. The summed E-state index contributed by atoms with van der Waals surface area (Å²) in [5, 5.41) is 3.21. The molecule has 3 heterocycles. The average molecular weight is 384 g/mol. The molecule has 1 amide bonds. The molecule has 0 aliphatic rings. The lowest BCUT2D eigenvalue weighted by atomic mass is 9.94. The second-order valence-corrected chi connectivity index (χ2v) is 7.46. The van der Waals surface area contributed by atoms with Crippen LogP contribution in [-0.2, 0) is 11.2 Å². The zero-order chi connectivity index (χ0) is 20.4. The van der Waals surface area contributed by atoms with Crippen molar-refractivity contribution in [3.8, 4) is 0 Å². The predicted molar refractivity (Wildman–Crippen MR) is 114 cm³/mol.